The predicted molar refractivity (Wildman–Crippen MR) is 69.8 cm³/mol. The first-order valence-corrected chi connectivity index (χ1v) is 6.55. The standard InChI is InChI=1S/C12H15BrClNO/c1-16-11-4-5-15(8-11)7-9-6-10(13)2-3-12(9)14/h2-3,6,11H,4-5,7-8H2,1H3/t11-/m0/s1. The van der Waals surface area contributed by atoms with Gasteiger partial charge in [0.2, 0.25) is 0 Å². The third-order valence-electron chi connectivity index (χ3n) is 2.96. The highest BCUT2D eigenvalue weighted by molar-refractivity contribution is 9.10. The molecular weight excluding hydrogens is 289 g/mol. The number of ether oxygens (including phenoxy) is 1. The molecule has 0 spiro atoms. The van der Waals surface area contributed by atoms with Gasteiger partial charge in [-0.05, 0) is 30.2 Å². The molecule has 0 radical (unpaired) electrons. The minimum atomic E-state index is 0.380. The van der Waals surface area contributed by atoms with Gasteiger partial charge in [-0.2, -0.15) is 0 Å². The van der Waals surface area contributed by atoms with Crippen LogP contribution < -0.4 is 0 Å². The maximum Gasteiger partial charge on any atom is 0.0710 e. The summed E-state index contributed by atoms with van der Waals surface area (Å²) in [5.41, 5.74) is 1.17. The van der Waals surface area contributed by atoms with E-state index in [1.165, 1.54) is 5.56 Å². The fourth-order valence-electron chi connectivity index (χ4n) is 2.04. The van der Waals surface area contributed by atoms with Crippen LogP contribution in [0, 0.1) is 0 Å². The first-order valence-electron chi connectivity index (χ1n) is 5.38. The van der Waals surface area contributed by atoms with Crippen LogP contribution in [0.2, 0.25) is 5.02 Å². The SMILES string of the molecule is CO[C@H]1CCN(Cc2cc(Br)ccc2Cl)C1. The Hall–Kier alpha value is -0.0900. The molecule has 1 aliphatic heterocycles. The summed E-state index contributed by atoms with van der Waals surface area (Å²) in [6.45, 7) is 2.98. The van der Waals surface area contributed by atoms with Crippen molar-refractivity contribution in [2.45, 2.75) is 19.1 Å². The summed E-state index contributed by atoms with van der Waals surface area (Å²) in [5, 5.41) is 0.837. The van der Waals surface area contributed by atoms with E-state index in [1.54, 1.807) is 7.11 Å². The lowest BCUT2D eigenvalue weighted by Crippen LogP contribution is -2.22. The Morgan fingerprint density at radius 1 is 1.56 bits per heavy atom. The normalized spacial score (nSPS) is 21.6. The first-order chi connectivity index (χ1) is 7.69. The van der Waals surface area contributed by atoms with Gasteiger partial charge in [0.15, 0.2) is 0 Å². The van der Waals surface area contributed by atoms with Crippen LogP contribution in [-0.2, 0) is 11.3 Å². The Bertz CT molecular complexity index is 372. The summed E-state index contributed by atoms with van der Waals surface area (Å²) in [7, 11) is 1.78. The van der Waals surface area contributed by atoms with Crippen molar-refractivity contribution in [1.82, 2.24) is 4.90 Å². The average Bonchev–Trinajstić information content (AvgIpc) is 2.71. The molecule has 0 saturated carbocycles. The molecule has 1 aromatic carbocycles. The van der Waals surface area contributed by atoms with E-state index in [0.717, 1.165) is 35.6 Å². The van der Waals surface area contributed by atoms with Gasteiger partial charge >= 0.3 is 0 Å². The van der Waals surface area contributed by atoms with Crippen LogP contribution in [0.1, 0.15) is 12.0 Å². The summed E-state index contributed by atoms with van der Waals surface area (Å²) in [6.07, 6.45) is 1.49. The molecule has 4 heteroatoms. The molecule has 0 amide bonds. The molecule has 1 atom stereocenters. The maximum absolute atomic E-state index is 6.17. The number of nitrogens with zero attached hydrogens (tertiary/aromatic N) is 1. The van der Waals surface area contributed by atoms with Gasteiger partial charge < -0.3 is 4.74 Å². The van der Waals surface area contributed by atoms with Crippen molar-refractivity contribution < 1.29 is 4.74 Å². The smallest absolute Gasteiger partial charge is 0.0710 e. The Morgan fingerprint density at radius 2 is 2.38 bits per heavy atom. The number of hydrogen-bond donors (Lipinski definition) is 0. The Balaban J connectivity index is 2.01. The van der Waals surface area contributed by atoms with Crippen molar-refractivity contribution in [2.75, 3.05) is 20.2 Å². The summed E-state index contributed by atoms with van der Waals surface area (Å²) in [5.74, 6) is 0. The average molecular weight is 305 g/mol. The van der Waals surface area contributed by atoms with Crippen LogP contribution in [0.15, 0.2) is 22.7 Å². The fourth-order valence-corrected chi connectivity index (χ4v) is 2.62. The molecule has 88 valence electrons. The third-order valence-corrected chi connectivity index (χ3v) is 3.83. The second kappa shape index (κ2) is 5.50. The molecule has 1 aromatic rings. The van der Waals surface area contributed by atoms with E-state index in [9.17, 15) is 0 Å². The molecule has 0 N–H and O–H groups in total. The zero-order valence-corrected chi connectivity index (χ0v) is 11.6. The van der Waals surface area contributed by atoms with E-state index in [-0.39, 0.29) is 0 Å². The second-order valence-corrected chi connectivity index (χ2v) is 5.44. The zero-order chi connectivity index (χ0) is 11.5. The minimum absolute atomic E-state index is 0.380. The van der Waals surface area contributed by atoms with Crippen LogP contribution in [0.5, 0.6) is 0 Å². The summed E-state index contributed by atoms with van der Waals surface area (Å²) in [6, 6.07) is 5.99. The molecule has 0 unspecified atom stereocenters. The first kappa shape index (κ1) is 12.4. The van der Waals surface area contributed by atoms with Gasteiger partial charge in [-0.3, -0.25) is 4.90 Å². The van der Waals surface area contributed by atoms with Crippen LogP contribution in [-0.4, -0.2) is 31.2 Å². The van der Waals surface area contributed by atoms with Crippen LogP contribution in [0.3, 0.4) is 0 Å². The number of rotatable bonds is 3. The van der Waals surface area contributed by atoms with E-state index in [2.05, 4.69) is 26.9 Å². The van der Waals surface area contributed by atoms with Crippen molar-refractivity contribution in [3.8, 4) is 0 Å². The number of methoxy groups -OCH3 is 1. The van der Waals surface area contributed by atoms with E-state index >= 15 is 0 Å². The largest absolute Gasteiger partial charge is 0.380 e. The van der Waals surface area contributed by atoms with E-state index < -0.39 is 0 Å². The van der Waals surface area contributed by atoms with Gasteiger partial charge in [0.25, 0.3) is 0 Å². The molecule has 2 rings (SSSR count). The molecule has 16 heavy (non-hydrogen) atoms. The highest BCUT2D eigenvalue weighted by Gasteiger charge is 2.22. The van der Waals surface area contributed by atoms with E-state index in [4.69, 9.17) is 16.3 Å². The zero-order valence-electron chi connectivity index (χ0n) is 9.25. The third kappa shape index (κ3) is 2.98. The Kier molecular flexibility index (Phi) is 4.25. The lowest BCUT2D eigenvalue weighted by atomic mass is 10.2. The van der Waals surface area contributed by atoms with Crippen LogP contribution >= 0.6 is 27.5 Å². The van der Waals surface area contributed by atoms with Crippen LogP contribution in [0.4, 0.5) is 0 Å². The van der Waals surface area contributed by atoms with E-state index in [1.807, 2.05) is 12.1 Å². The molecule has 1 saturated heterocycles. The molecular formula is C12H15BrClNO. The maximum atomic E-state index is 6.17. The monoisotopic (exact) mass is 303 g/mol. The quantitative estimate of drug-likeness (QED) is 0.849. The van der Waals surface area contributed by atoms with Crippen LogP contribution in [0.25, 0.3) is 0 Å². The molecule has 1 aliphatic rings. The topological polar surface area (TPSA) is 12.5 Å². The highest BCUT2D eigenvalue weighted by atomic mass is 79.9. The number of halogens is 2. The summed E-state index contributed by atoms with van der Waals surface area (Å²) < 4.78 is 6.43. The molecule has 0 bridgehead atoms. The molecule has 2 nitrogen and oxygen atoms in total. The van der Waals surface area contributed by atoms with Gasteiger partial charge in [0.05, 0.1) is 6.10 Å². The Labute approximate surface area is 110 Å². The number of hydrogen-bond acceptors (Lipinski definition) is 2. The van der Waals surface area contributed by atoms with Gasteiger partial charge in [-0.25, -0.2) is 0 Å². The second-order valence-electron chi connectivity index (χ2n) is 4.12. The molecule has 1 fully saturated rings. The van der Waals surface area contributed by atoms with Crippen molar-refractivity contribution in [1.29, 1.82) is 0 Å². The van der Waals surface area contributed by atoms with Gasteiger partial charge in [0, 0.05) is 36.2 Å². The van der Waals surface area contributed by atoms with Crippen molar-refractivity contribution in [3.05, 3.63) is 33.3 Å². The minimum Gasteiger partial charge on any atom is -0.380 e. The van der Waals surface area contributed by atoms with Crippen molar-refractivity contribution in [3.63, 3.8) is 0 Å². The van der Waals surface area contributed by atoms with Gasteiger partial charge in [-0.1, -0.05) is 27.5 Å². The number of benzene rings is 1. The van der Waals surface area contributed by atoms with Gasteiger partial charge in [-0.15, -0.1) is 0 Å². The summed E-state index contributed by atoms with van der Waals surface area (Å²) >= 11 is 9.64. The van der Waals surface area contributed by atoms with Crippen molar-refractivity contribution in [2.24, 2.45) is 0 Å². The van der Waals surface area contributed by atoms with E-state index in [0.29, 0.717) is 6.10 Å². The van der Waals surface area contributed by atoms with Gasteiger partial charge in [0.1, 0.15) is 0 Å². The molecule has 0 aliphatic carbocycles. The Morgan fingerprint density at radius 3 is 3.06 bits per heavy atom. The highest BCUT2D eigenvalue weighted by Crippen LogP contribution is 2.24. The predicted octanol–water partition coefficient (Wildman–Crippen LogP) is 3.32. The van der Waals surface area contributed by atoms with Crippen molar-refractivity contribution >= 4 is 27.5 Å². The number of likely N-dealkylation sites (tertiary alicyclic amines) is 1. The summed E-state index contributed by atoms with van der Waals surface area (Å²) in [4.78, 5) is 2.38. The molecule has 0 aromatic heterocycles. The molecule has 1 heterocycles. The lowest BCUT2D eigenvalue weighted by Gasteiger charge is -2.16. The lowest BCUT2D eigenvalue weighted by molar-refractivity contribution is 0.107. The fraction of sp³-hybridized carbons (Fsp3) is 0.500.